The second-order valence-corrected chi connectivity index (χ2v) is 6.51. The van der Waals surface area contributed by atoms with Crippen LogP contribution in [-0.4, -0.2) is 63.6 Å². The van der Waals surface area contributed by atoms with E-state index in [9.17, 15) is 4.79 Å². The second kappa shape index (κ2) is 8.73. The molecule has 1 fully saturated rings. The van der Waals surface area contributed by atoms with Gasteiger partial charge in [-0.2, -0.15) is 0 Å². The van der Waals surface area contributed by atoms with Crippen LogP contribution in [0.5, 0.6) is 0 Å². The van der Waals surface area contributed by atoms with Gasteiger partial charge in [0.25, 0.3) is 5.91 Å². The van der Waals surface area contributed by atoms with Crippen LogP contribution in [-0.2, 0) is 4.74 Å². The van der Waals surface area contributed by atoms with E-state index in [1.807, 2.05) is 48.5 Å². The monoisotopic (exact) mass is 378 g/mol. The number of carbonyl (C=O) groups is 1. The van der Waals surface area contributed by atoms with E-state index in [2.05, 4.69) is 25.5 Å². The van der Waals surface area contributed by atoms with Gasteiger partial charge in [0, 0.05) is 25.8 Å². The van der Waals surface area contributed by atoms with Gasteiger partial charge in [-0.1, -0.05) is 29.5 Å². The van der Waals surface area contributed by atoms with Crippen molar-refractivity contribution in [3.8, 4) is 5.69 Å². The molecule has 0 radical (unpaired) electrons. The molecule has 1 aliphatic rings. The molecule has 8 nitrogen and oxygen atoms in total. The normalized spacial score (nSPS) is 15.9. The van der Waals surface area contributed by atoms with Crippen molar-refractivity contribution in [1.82, 2.24) is 30.2 Å². The highest BCUT2D eigenvalue weighted by atomic mass is 16.5. The summed E-state index contributed by atoms with van der Waals surface area (Å²) in [6.45, 7) is 3.42. The van der Waals surface area contributed by atoms with Crippen LogP contribution in [0.3, 0.4) is 0 Å². The fourth-order valence-electron chi connectivity index (χ4n) is 3.24. The molecule has 8 heteroatoms. The van der Waals surface area contributed by atoms with Crippen molar-refractivity contribution in [2.75, 3.05) is 32.8 Å². The zero-order chi connectivity index (χ0) is 19.2. The van der Waals surface area contributed by atoms with Crippen LogP contribution < -0.4 is 5.32 Å². The molecule has 0 aliphatic carbocycles. The zero-order valence-electron chi connectivity index (χ0n) is 15.4. The van der Waals surface area contributed by atoms with Crippen LogP contribution in [0.25, 0.3) is 5.69 Å². The Balaban J connectivity index is 1.45. The van der Waals surface area contributed by atoms with Crippen molar-refractivity contribution in [3.63, 3.8) is 0 Å². The van der Waals surface area contributed by atoms with E-state index in [1.165, 1.54) is 0 Å². The van der Waals surface area contributed by atoms with Gasteiger partial charge in [-0.25, -0.2) is 4.68 Å². The maximum Gasteiger partial charge on any atom is 0.273 e. The number of benzene rings is 1. The largest absolute Gasteiger partial charge is 0.379 e. The van der Waals surface area contributed by atoms with Crippen molar-refractivity contribution < 1.29 is 9.53 Å². The molecule has 0 bridgehead atoms. The molecule has 2 aromatic heterocycles. The minimum atomic E-state index is -0.253. The molecule has 1 N–H and O–H groups in total. The number of para-hydroxylation sites is 1. The third-order valence-electron chi connectivity index (χ3n) is 4.72. The summed E-state index contributed by atoms with van der Waals surface area (Å²) < 4.78 is 7.05. The van der Waals surface area contributed by atoms with Gasteiger partial charge >= 0.3 is 0 Å². The molecule has 1 amide bonds. The van der Waals surface area contributed by atoms with Gasteiger partial charge in [0.15, 0.2) is 5.69 Å². The summed E-state index contributed by atoms with van der Waals surface area (Å²) >= 11 is 0. The van der Waals surface area contributed by atoms with Crippen LogP contribution in [0.2, 0.25) is 0 Å². The summed E-state index contributed by atoms with van der Waals surface area (Å²) in [5.41, 5.74) is 2.07. The first-order chi connectivity index (χ1) is 13.8. The SMILES string of the molecule is O=C(NCC(c1ccccn1)N1CCOCC1)c1cn(-c2ccccc2)nn1. The molecular weight excluding hydrogens is 356 g/mol. The van der Waals surface area contributed by atoms with Crippen molar-refractivity contribution in [2.45, 2.75) is 6.04 Å². The third kappa shape index (κ3) is 4.24. The fourth-order valence-corrected chi connectivity index (χ4v) is 3.24. The highest BCUT2D eigenvalue weighted by Crippen LogP contribution is 2.19. The number of carbonyl (C=O) groups excluding carboxylic acids is 1. The van der Waals surface area contributed by atoms with Gasteiger partial charge in [0.1, 0.15) is 0 Å². The maximum absolute atomic E-state index is 12.6. The van der Waals surface area contributed by atoms with Crippen LogP contribution in [0, 0.1) is 0 Å². The Morgan fingerprint density at radius 2 is 1.89 bits per heavy atom. The van der Waals surface area contributed by atoms with Crippen molar-refractivity contribution in [1.29, 1.82) is 0 Å². The van der Waals surface area contributed by atoms with Crippen molar-refractivity contribution >= 4 is 5.91 Å². The second-order valence-electron chi connectivity index (χ2n) is 6.51. The quantitative estimate of drug-likeness (QED) is 0.699. The molecule has 28 heavy (non-hydrogen) atoms. The van der Waals surface area contributed by atoms with Crippen LogP contribution in [0.1, 0.15) is 22.2 Å². The Morgan fingerprint density at radius 3 is 2.64 bits per heavy atom. The molecule has 1 aromatic carbocycles. The average Bonchev–Trinajstić information content (AvgIpc) is 3.26. The summed E-state index contributed by atoms with van der Waals surface area (Å²) in [6.07, 6.45) is 3.41. The summed E-state index contributed by atoms with van der Waals surface area (Å²) in [4.78, 5) is 19.4. The number of aromatic nitrogens is 4. The van der Waals surface area contributed by atoms with Gasteiger partial charge in [-0.05, 0) is 24.3 Å². The number of amides is 1. The average molecular weight is 378 g/mol. The lowest BCUT2D eigenvalue weighted by atomic mass is 10.1. The van der Waals surface area contributed by atoms with Gasteiger partial charge in [0.05, 0.1) is 36.8 Å². The predicted octanol–water partition coefficient (Wildman–Crippen LogP) is 1.47. The van der Waals surface area contributed by atoms with Gasteiger partial charge in [-0.15, -0.1) is 5.10 Å². The van der Waals surface area contributed by atoms with E-state index in [0.717, 1.165) is 24.5 Å². The number of morpholine rings is 1. The lowest BCUT2D eigenvalue weighted by Gasteiger charge is -2.34. The molecule has 1 unspecified atom stereocenters. The van der Waals surface area contributed by atoms with Gasteiger partial charge in [-0.3, -0.25) is 14.7 Å². The Hall–Kier alpha value is -3.10. The standard InChI is InChI=1S/C20H22N6O2/c27-20(18-15-26(24-23-18)16-6-2-1-3-7-16)22-14-19(17-8-4-5-9-21-17)25-10-12-28-13-11-25/h1-9,15,19H,10-14H2,(H,22,27). The van der Waals surface area contributed by atoms with E-state index in [-0.39, 0.29) is 17.6 Å². The summed E-state index contributed by atoms with van der Waals surface area (Å²) in [5, 5.41) is 11.0. The summed E-state index contributed by atoms with van der Waals surface area (Å²) in [6, 6.07) is 15.4. The Labute approximate surface area is 163 Å². The topological polar surface area (TPSA) is 85.2 Å². The molecule has 1 aliphatic heterocycles. The summed E-state index contributed by atoms with van der Waals surface area (Å²) in [7, 11) is 0. The van der Waals surface area contributed by atoms with Gasteiger partial charge < -0.3 is 10.1 Å². The number of ether oxygens (including phenoxy) is 1. The Bertz CT molecular complexity index is 893. The van der Waals surface area contributed by atoms with Crippen molar-refractivity contribution in [3.05, 3.63) is 72.3 Å². The first kappa shape index (κ1) is 18.3. The molecule has 3 aromatic rings. The first-order valence-electron chi connectivity index (χ1n) is 9.30. The predicted molar refractivity (Wildman–Crippen MR) is 103 cm³/mol. The zero-order valence-corrected chi connectivity index (χ0v) is 15.4. The highest BCUT2D eigenvalue weighted by Gasteiger charge is 2.24. The number of hydrogen-bond donors (Lipinski definition) is 1. The molecular formula is C20H22N6O2. The molecule has 1 atom stereocenters. The van der Waals surface area contributed by atoms with Crippen LogP contribution in [0.4, 0.5) is 0 Å². The molecule has 0 spiro atoms. The van der Waals surface area contributed by atoms with E-state index >= 15 is 0 Å². The van der Waals surface area contributed by atoms with E-state index in [1.54, 1.807) is 17.1 Å². The Morgan fingerprint density at radius 1 is 1.11 bits per heavy atom. The number of rotatable bonds is 6. The van der Waals surface area contributed by atoms with E-state index < -0.39 is 0 Å². The third-order valence-corrected chi connectivity index (χ3v) is 4.72. The number of hydrogen-bond acceptors (Lipinski definition) is 6. The highest BCUT2D eigenvalue weighted by molar-refractivity contribution is 5.91. The number of pyridine rings is 1. The molecule has 0 saturated carbocycles. The molecule has 4 rings (SSSR count). The Kier molecular flexibility index (Phi) is 5.69. The smallest absolute Gasteiger partial charge is 0.273 e. The summed E-state index contributed by atoms with van der Waals surface area (Å²) in [5.74, 6) is -0.253. The molecule has 1 saturated heterocycles. The lowest BCUT2D eigenvalue weighted by molar-refractivity contribution is 0.0153. The van der Waals surface area contributed by atoms with Crippen molar-refractivity contribution in [2.24, 2.45) is 0 Å². The minimum absolute atomic E-state index is 0.0155. The van der Waals surface area contributed by atoms with Crippen LogP contribution in [0.15, 0.2) is 60.9 Å². The lowest BCUT2D eigenvalue weighted by Crippen LogP contribution is -2.44. The fraction of sp³-hybridized carbons (Fsp3) is 0.300. The molecule has 3 heterocycles. The van der Waals surface area contributed by atoms with Crippen LogP contribution >= 0.6 is 0 Å². The first-order valence-corrected chi connectivity index (χ1v) is 9.30. The molecule has 144 valence electrons. The van der Waals surface area contributed by atoms with E-state index in [4.69, 9.17) is 4.74 Å². The minimum Gasteiger partial charge on any atom is -0.379 e. The number of nitrogens with zero attached hydrogens (tertiary/aromatic N) is 5. The maximum atomic E-state index is 12.6. The van der Waals surface area contributed by atoms with Gasteiger partial charge in [0.2, 0.25) is 0 Å². The van der Waals surface area contributed by atoms with E-state index in [0.29, 0.717) is 19.8 Å². The number of nitrogens with one attached hydrogen (secondary N) is 1.